The van der Waals surface area contributed by atoms with Crippen molar-refractivity contribution in [2.45, 2.75) is 5.44 Å². The molecule has 20 heteroatoms. The second kappa shape index (κ2) is 52.6. The number of aliphatic hydroxyl groups excluding tert-OH is 2. The van der Waals surface area contributed by atoms with Gasteiger partial charge in [-0.05, 0) is 0 Å². The van der Waals surface area contributed by atoms with Crippen molar-refractivity contribution in [2.75, 3.05) is 231 Å². The van der Waals surface area contributed by atoms with Crippen molar-refractivity contribution in [1.29, 1.82) is 0 Å². The Bertz CT molecular complexity index is 692. The first kappa shape index (κ1) is 55.6. The first-order chi connectivity index (χ1) is 27.8. The highest BCUT2D eigenvalue weighted by molar-refractivity contribution is 7.80. The van der Waals surface area contributed by atoms with Crippen LogP contribution in [0, 0.1) is 0 Å². The summed E-state index contributed by atoms with van der Waals surface area (Å²) in [5.74, 6) is 0. The normalized spacial score (nSPS) is 12.3. The van der Waals surface area contributed by atoms with Crippen LogP contribution in [-0.2, 0) is 80.5 Å². The van der Waals surface area contributed by atoms with Crippen molar-refractivity contribution in [1.82, 2.24) is 0 Å². The number of hydrogen-bond acceptors (Lipinski definition) is 20. The molecule has 0 spiro atoms. The molecule has 0 aliphatic rings. The van der Waals surface area contributed by atoms with Crippen LogP contribution in [0.2, 0.25) is 0 Å². The second-order valence-electron chi connectivity index (χ2n) is 11.1. The molecule has 0 aliphatic carbocycles. The fraction of sp³-hybridized carbons (Fsp3) is 1.00. The van der Waals surface area contributed by atoms with Crippen LogP contribution in [0.5, 0.6) is 0 Å². The van der Waals surface area contributed by atoms with Crippen LogP contribution in [0.15, 0.2) is 0 Å². The monoisotopic (exact) mass is 842 g/mol. The molecule has 0 bridgehead atoms. The molecule has 0 aliphatic heterocycles. The van der Waals surface area contributed by atoms with Gasteiger partial charge in [0.15, 0.2) is 0 Å². The van der Waals surface area contributed by atoms with Gasteiger partial charge in [0.2, 0.25) is 0 Å². The minimum atomic E-state index is -0.764. The maximum absolute atomic E-state index is 8.94. The van der Waals surface area contributed by atoms with Crippen molar-refractivity contribution in [3.8, 4) is 0 Å². The van der Waals surface area contributed by atoms with E-state index in [4.69, 9.17) is 90.7 Å². The largest absolute Gasteiger partial charge is 0.394 e. The summed E-state index contributed by atoms with van der Waals surface area (Å²) in [7, 11) is 0. The van der Waals surface area contributed by atoms with Crippen molar-refractivity contribution in [2.24, 2.45) is 0 Å². The van der Waals surface area contributed by atoms with E-state index >= 15 is 0 Å². The molecule has 0 saturated carbocycles. The molecule has 0 fully saturated rings. The zero-order chi connectivity index (χ0) is 40.3. The molecule has 338 valence electrons. The van der Waals surface area contributed by atoms with Gasteiger partial charge in [0, 0.05) is 0 Å². The molecule has 0 heterocycles. The molecule has 19 nitrogen and oxygen atoms in total. The molecular weight excluding hydrogens is 768 g/mol. The first-order valence-corrected chi connectivity index (χ1v) is 20.1. The molecule has 0 amide bonds. The van der Waals surface area contributed by atoms with Gasteiger partial charge in [-0.25, -0.2) is 0 Å². The number of ether oxygens (including phenoxy) is 17. The van der Waals surface area contributed by atoms with Crippen LogP contribution < -0.4 is 0 Å². The molecule has 1 unspecified atom stereocenters. The van der Waals surface area contributed by atoms with E-state index in [1.54, 1.807) is 0 Å². The van der Waals surface area contributed by atoms with E-state index in [0.29, 0.717) is 218 Å². The molecular formula is C36H74O19S. The van der Waals surface area contributed by atoms with E-state index in [1.807, 2.05) is 0 Å². The van der Waals surface area contributed by atoms with Gasteiger partial charge >= 0.3 is 0 Å². The summed E-state index contributed by atoms with van der Waals surface area (Å²) in [5, 5.41) is 17.5. The lowest BCUT2D eigenvalue weighted by atomic mass is 10.6. The topological polar surface area (TPSA) is 197 Å². The van der Waals surface area contributed by atoms with Crippen LogP contribution >= 0.6 is 12.6 Å². The van der Waals surface area contributed by atoms with E-state index in [0.717, 1.165) is 0 Å². The third kappa shape index (κ3) is 53.6. The van der Waals surface area contributed by atoms with Crippen LogP contribution in [-0.4, -0.2) is 247 Å². The Labute approximate surface area is 339 Å². The summed E-state index contributed by atoms with van der Waals surface area (Å²) in [6, 6.07) is 0. The molecule has 0 aromatic heterocycles. The summed E-state index contributed by atoms with van der Waals surface area (Å²) in [6.07, 6.45) is 0. The van der Waals surface area contributed by atoms with E-state index in [9.17, 15) is 0 Å². The van der Waals surface area contributed by atoms with E-state index in [2.05, 4.69) is 12.6 Å². The number of thiol groups is 1. The van der Waals surface area contributed by atoms with Crippen molar-refractivity contribution in [3.05, 3.63) is 0 Å². The quantitative estimate of drug-likeness (QED) is 0.0403. The smallest absolute Gasteiger partial charge is 0.120 e. The molecule has 2 N–H and O–H groups in total. The Morgan fingerprint density at radius 3 is 0.482 bits per heavy atom. The highest BCUT2D eigenvalue weighted by atomic mass is 32.1. The lowest BCUT2D eigenvalue weighted by molar-refractivity contribution is -0.0309. The second-order valence-corrected chi connectivity index (χ2v) is 11.7. The van der Waals surface area contributed by atoms with Crippen LogP contribution in [0.25, 0.3) is 0 Å². The zero-order valence-electron chi connectivity index (χ0n) is 33.6. The Kier molecular flexibility index (Phi) is 52.2. The van der Waals surface area contributed by atoms with Gasteiger partial charge < -0.3 is 90.7 Å². The first-order valence-electron chi connectivity index (χ1n) is 19.6. The van der Waals surface area contributed by atoms with Crippen molar-refractivity contribution in [3.63, 3.8) is 0 Å². The molecule has 0 saturated heterocycles. The Balaban J connectivity index is 3.05. The van der Waals surface area contributed by atoms with Gasteiger partial charge in [0.05, 0.1) is 231 Å². The van der Waals surface area contributed by atoms with Crippen LogP contribution in [0.1, 0.15) is 0 Å². The van der Waals surface area contributed by atoms with E-state index < -0.39 is 5.44 Å². The molecule has 56 heavy (non-hydrogen) atoms. The fourth-order valence-electron chi connectivity index (χ4n) is 3.77. The average molecular weight is 843 g/mol. The van der Waals surface area contributed by atoms with Gasteiger partial charge in [-0.15, -0.1) is 12.6 Å². The molecule has 0 rings (SSSR count). The summed E-state index contributed by atoms with van der Waals surface area (Å²) in [4.78, 5) is 0. The fourth-order valence-corrected chi connectivity index (χ4v) is 3.88. The van der Waals surface area contributed by atoms with E-state index in [1.165, 1.54) is 0 Å². The summed E-state index contributed by atoms with van der Waals surface area (Å²) in [5.41, 5.74) is -0.764. The minimum Gasteiger partial charge on any atom is -0.394 e. The van der Waals surface area contributed by atoms with Gasteiger partial charge in [0.25, 0.3) is 0 Å². The standard InChI is InChI=1S/C36H74O19S/c37-1-2-39-3-4-40-5-6-41-7-8-42-9-10-43-11-12-44-13-14-45-15-16-46-17-18-47-19-20-48-21-22-49-23-24-50-25-26-51-27-28-52-29-30-53-31-32-54-33-34-55-35-36(38)56/h36-38,56H,1-35H2. The predicted octanol–water partition coefficient (Wildman–Crippen LogP) is -0.491. The van der Waals surface area contributed by atoms with Crippen LogP contribution in [0.4, 0.5) is 0 Å². The van der Waals surface area contributed by atoms with Crippen molar-refractivity contribution < 1.29 is 90.7 Å². The number of rotatable bonds is 52. The third-order valence-electron chi connectivity index (χ3n) is 6.45. The summed E-state index contributed by atoms with van der Waals surface area (Å²) in [6.45, 7) is 16.1. The average Bonchev–Trinajstić information content (AvgIpc) is 3.20. The minimum absolute atomic E-state index is 0.0201. The molecule has 0 radical (unpaired) electrons. The highest BCUT2D eigenvalue weighted by Crippen LogP contribution is 1.91. The molecule has 0 aromatic carbocycles. The highest BCUT2D eigenvalue weighted by Gasteiger charge is 1.99. The van der Waals surface area contributed by atoms with Gasteiger partial charge in [-0.2, -0.15) is 0 Å². The maximum Gasteiger partial charge on any atom is 0.120 e. The van der Waals surface area contributed by atoms with E-state index in [-0.39, 0.29) is 13.2 Å². The maximum atomic E-state index is 8.94. The third-order valence-corrected chi connectivity index (χ3v) is 6.60. The van der Waals surface area contributed by atoms with Gasteiger partial charge in [-0.1, -0.05) is 0 Å². The van der Waals surface area contributed by atoms with Crippen molar-refractivity contribution >= 4 is 12.6 Å². The van der Waals surface area contributed by atoms with Gasteiger partial charge in [-0.3, -0.25) is 0 Å². The Morgan fingerprint density at radius 2 is 0.357 bits per heavy atom. The number of aliphatic hydroxyl groups is 2. The lowest BCUT2D eigenvalue weighted by Gasteiger charge is -2.09. The summed E-state index contributed by atoms with van der Waals surface area (Å²) < 4.78 is 91.9. The molecule has 1 atom stereocenters. The Morgan fingerprint density at radius 1 is 0.232 bits per heavy atom. The molecule has 0 aromatic rings. The summed E-state index contributed by atoms with van der Waals surface area (Å²) >= 11 is 3.80. The Hall–Kier alpha value is -0.410. The SMILES string of the molecule is OCCOCCOCCOCCOCCOCCOCCOCCOCCOCCOCCOCCOCCOCCOCCOCCOCCOCC(O)S. The predicted molar refractivity (Wildman–Crippen MR) is 206 cm³/mol. The zero-order valence-corrected chi connectivity index (χ0v) is 34.5. The van der Waals surface area contributed by atoms with Gasteiger partial charge in [0.1, 0.15) is 5.44 Å². The number of hydrogen-bond donors (Lipinski definition) is 3. The lowest BCUT2D eigenvalue weighted by Crippen LogP contribution is -2.16. The van der Waals surface area contributed by atoms with Crippen LogP contribution in [0.3, 0.4) is 0 Å².